The number of amides is 4. The summed E-state index contributed by atoms with van der Waals surface area (Å²) >= 11 is 0. The summed E-state index contributed by atoms with van der Waals surface area (Å²) in [6.07, 6.45) is 4.59. The van der Waals surface area contributed by atoms with E-state index in [-0.39, 0.29) is 24.2 Å². The number of nitrogens with one attached hydrogen (secondary N) is 3. The molecule has 1 atom stereocenters. The molecule has 5 rings (SSSR count). The highest BCUT2D eigenvalue weighted by molar-refractivity contribution is 6.23. The fraction of sp³-hybridized carbons (Fsp3) is 0.583. The van der Waals surface area contributed by atoms with Crippen LogP contribution in [0.1, 0.15) is 59.2 Å². The molecular weight excluding hydrogens is 424 g/mol. The summed E-state index contributed by atoms with van der Waals surface area (Å²) in [7, 11) is 0. The number of nitrogens with zero attached hydrogens (tertiary/aromatic N) is 1. The molecule has 0 aliphatic carbocycles. The van der Waals surface area contributed by atoms with Crippen molar-refractivity contribution in [2.24, 2.45) is 11.3 Å². The fourth-order valence-electron chi connectivity index (χ4n) is 5.80. The molecule has 3 saturated heterocycles. The second-order valence-corrected chi connectivity index (χ2v) is 9.56. The number of ether oxygens (including phenoxy) is 1. The number of hydrogen-bond donors (Lipinski definition) is 3. The van der Waals surface area contributed by atoms with E-state index in [1.165, 1.54) is 0 Å². The van der Waals surface area contributed by atoms with Gasteiger partial charge in [0.2, 0.25) is 11.8 Å². The molecule has 4 aliphatic rings. The highest BCUT2D eigenvalue weighted by atomic mass is 16.5. The van der Waals surface area contributed by atoms with Crippen molar-refractivity contribution in [2.75, 3.05) is 38.2 Å². The normalized spacial score (nSPS) is 25.7. The van der Waals surface area contributed by atoms with Crippen molar-refractivity contribution in [3.8, 4) is 0 Å². The van der Waals surface area contributed by atoms with E-state index >= 15 is 0 Å². The van der Waals surface area contributed by atoms with Crippen LogP contribution in [-0.4, -0.2) is 67.4 Å². The summed E-state index contributed by atoms with van der Waals surface area (Å²) in [5.41, 5.74) is 1.55. The van der Waals surface area contributed by atoms with Gasteiger partial charge in [-0.1, -0.05) is 0 Å². The minimum absolute atomic E-state index is 0.110. The zero-order chi connectivity index (χ0) is 23.0. The number of piperidine rings is 2. The van der Waals surface area contributed by atoms with Crippen LogP contribution in [0, 0.1) is 11.3 Å². The molecule has 4 amide bonds. The van der Waals surface area contributed by atoms with Gasteiger partial charge in [0, 0.05) is 31.9 Å². The first-order valence-electron chi connectivity index (χ1n) is 11.9. The van der Waals surface area contributed by atoms with Crippen LogP contribution in [0.5, 0.6) is 0 Å². The maximum Gasteiger partial charge on any atom is 0.262 e. The van der Waals surface area contributed by atoms with E-state index < -0.39 is 23.8 Å². The first-order chi connectivity index (χ1) is 16.0. The van der Waals surface area contributed by atoms with Gasteiger partial charge in [-0.15, -0.1) is 0 Å². The molecule has 3 fully saturated rings. The summed E-state index contributed by atoms with van der Waals surface area (Å²) in [4.78, 5) is 50.7. The minimum atomic E-state index is -0.947. The molecule has 0 aromatic heterocycles. The number of anilines is 1. The smallest absolute Gasteiger partial charge is 0.262 e. The Hall–Kier alpha value is -2.78. The molecule has 33 heavy (non-hydrogen) atoms. The van der Waals surface area contributed by atoms with Gasteiger partial charge in [-0.25, -0.2) is 0 Å². The molecule has 1 unspecified atom stereocenters. The summed E-state index contributed by atoms with van der Waals surface area (Å²) in [5, 5.41) is 9.22. The van der Waals surface area contributed by atoms with Crippen molar-refractivity contribution in [3.63, 3.8) is 0 Å². The molecule has 0 bridgehead atoms. The standard InChI is InChI=1S/C24H30N4O5/c29-20-4-3-19(21(30)27-20)28-22(31)17-2-1-16(13-18(17)23(28)32)26-14-24(7-11-33-12-8-24)15-5-9-25-10-6-15/h1-2,13,15,19,25-26H,3-12,14H2,(H,27,29,30). The van der Waals surface area contributed by atoms with Gasteiger partial charge in [0.25, 0.3) is 11.8 Å². The van der Waals surface area contributed by atoms with E-state index in [2.05, 4.69) is 16.0 Å². The summed E-state index contributed by atoms with van der Waals surface area (Å²) < 4.78 is 5.65. The van der Waals surface area contributed by atoms with E-state index in [4.69, 9.17) is 4.74 Å². The maximum atomic E-state index is 13.1. The Kier molecular flexibility index (Phi) is 5.92. The van der Waals surface area contributed by atoms with E-state index in [1.54, 1.807) is 12.1 Å². The van der Waals surface area contributed by atoms with Crippen LogP contribution < -0.4 is 16.0 Å². The Morgan fingerprint density at radius 1 is 1.00 bits per heavy atom. The number of carbonyl (C=O) groups excluding carboxylic acids is 4. The second kappa shape index (κ2) is 8.87. The van der Waals surface area contributed by atoms with Gasteiger partial charge in [0.15, 0.2) is 0 Å². The summed E-state index contributed by atoms with van der Waals surface area (Å²) in [5.74, 6) is -1.31. The van der Waals surface area contributed by atoms with Crippen molar-refractivity contribution in [3.05, 3.63) is 29.3 Å². The maximum absolute atomic E-state index is 13.1. The molecule has 0 radical (unpaired) electrons. The Bertz CT molecular complexity index is 981. The molecule has 1 aromatic carbocycles. The molecule has 4 aliphatic heterocycles. The molecule has 4 heterocycles. The van der Waals surface area contributed by atoms with E-state index in [0.717, 1.165) is 69.1 Å². The molecule has 3 N–H and O–H groups in total. The van der Waals surface area contributed by atoms with Crippen molar-refractivity contribution >= 4 is 29.3 Å². The lowest BCUT2D eigenvalue weighted by Crippen LogP contribution is -2.54. The Morgan fingerprint density at radius 3 is 2.45 bits per heavy atom. The number of rotatable bonds is 5. The van der Waals surface area contributed by atoms with Crippen LogP contribution in [0.3, 0.4) is 0 Å². The number of carbonyl (C=O) groups is 4. The largest absolute Gasteiger partial charge is 0.384 e. The zero-order valence-electron chi connectivity index (χ0n) is 18.7. The first-order valence-corrected chi connectivity index (χ1v) is 11.9. The number of hydrogen-bond acceptors (Lipinski definition) is 7. The molecule has 9 nitrogen and oxygen atoms in total. The predicted molar refractivity (Wildman–Crippen MR) is 120 cm³/mol. The molecule has 176 valence electrons. The van der Waals surface area contributed by atoms with E-state index in [0.29, 0.717) is 17.0 Å². The van der Waals surface area contributed by atoms with E-state index in [1.807, 2.05) is 6.07 Å². The van der Waals surface area contributed by atoms with Gasteiger partial charge >= 0.3 is 0 Å². The van der Waals surface area contributed by atoms with Crippen molar-refractivity contribution in [1.82, 2.24) is 15.5 Å². The van der Waals surface area contributed by atoms with Crippen LogP contribution in [0.4, 0.5) is 5.69 Å². The Labute approximate surface area is 192 Å². The zero-order valence-corrected chi connectivity index (χ0v) is 18.7. The molecule has 1 aromatic rings. The molecule has 0 saturated carbocycles. The average Bonchev–Trinajstić information content (AvgIpc) is 3.08. The Morgan fingerprint density at radius 2 is 1.73 bits per heavy atom. The third kappa shape index (κ3) is 4.04. The Balaban J connectivity index is 1.33. The van der Waals surface area contributed by atoms with Crippen molar-refractivity contribution < 1.29 is 23.9 Å². The van der Waals surface area contributed by atoms with Gasteiger partial charge in [0.05, 0.1) is 11.1 Å². The van der Waals surface area contributed by atoms with Crippen LogP contribution in [-0.2, 0) is 14.3 Å². The van der Waals surface area contributed by atoms with Crippen LogP contribution in [0.2, 0.25) is 0 Å². The first kappa shape index (κ1) is 22.0. The monoisotopic (exact) mass is 454 g/mol. The topological polar surface area (TPSA) is 117 Å². The lowest BCUT2D eigenvalue weighted by Gasteiger charge is -2.45. The number of fused-ring (bicyclic) bond motifs is 1. The predicted octanol–water partition coefficient (Wildman–Crippen LogP) is 1.30. The van der Waals surface area contributed by atoms with Crippen molar-refractivity contribution in [1.29, 1.82) is 0 Å². The summed E-state index contributed by atoms with van der Waals surface area (Å²) in [6, 6.07) is 4.26. The highest BCUT2D eigenvalue weighted by Gasteiger charge is 2.45. The molecule has 0 spiro atoms. The lowest BCUT2D eigenvalue weighted by atomic mass is 9.66. The lowest BCUT2D eigenvalue weighted by molar-refractivity contribution is -0.136. The van der Waals surface area contributed by atoms with Gasteiger partial charge in [-0.05, 0) is 74.7 Å². The third-order valence-electron chi connectivity index (χ3n) is 7.78. The highest BCUT2D eigenvalue weighted by Crippen LogP contribution is 2.43. The third-order valence-corrected chi connectivity index (χ3v) is 7.78. The molecule has 9 heteroatoms. The van der Waals surface area contributed by atoms with Gasteiger partial charge in [-0.2, -0.15) is 0 Å². The quantitative estimate of drug-likeness (QED) is 0.574. The minimum Gasteiger partial charge on any atom is -0.384 e. The number of benzene rings is 1. The summed E-state index contributed by atoms with van der Waals surface area (Å²) in [6.45, 7) is 4.41. The second-order valence-electron chi connectivity index (χ2n) is 9.56. The van der Waals surface area contributed by atoms with E-state index in [9.17, 15) is 19.2 Å². The SMILES string of the molecule is O=C1CCC(N2C(=O)c3ccc(NCC4(C5CCNCC5)CCOCC4)cc3C2=O)C(=O)N1. The number of imide groups is 2. The van der Waals surface area contributed by atoms with Gasteiger partial charge < -0.3 is 15.4 Å². The van der Waals surface area contributed by atoms with Crippen LogP contribution >= 0.6 is 0 Å². The van der Waals surface area contributed by atoms with Crippen molar-refractivity contribution in [2.45, 2.75) is 44.6 Å². The van der Waals surface area contributed by atoms with Crippen LogP contribution in [0.25, 0.3) is 0 Å². The van der Waals surface area contributed by atoms with Gasteiger partial charge in [-0.3, -0.25) is 29.4 Å². The fourth-order valence-corrected chi connectivity index (χ4v) is 5.80. The van der Waals surface area contributed by atoms with Gasteiger partial charge in [0.1, 0.15) is 6.04 Å². The van der Waals surface area contributed by atoms with Crippen LogP contribution in [0.15, 0.2) is 18.2 Å². The average molecular weight is 455 g/mol. The molecular formula is C24H30N4O5.